The molecule has 80 valence electrons. The summed E-state index contributed by atoms with van der Waals surface area (Å²) in [6.45, 7) is 0. The monoisotopic (exact) mass is 208 g/mol. The molecule has 1 aromatic rings. The number of hydrogen-bond donors (Lipinski definition) is 2. The molecular weight excluding hydrogens is 196 g/mol. The third-order valence-corrected chi connectivity index (χ3v) is 2.21. The maximum absolute atomic E-state index is 10.9. The molecule has 0 aliphatic heterocycles. The van der Waals surface area contributed by atoms with Gasteiger partial charge in [0.25, 0.3) is 0 Å². The fraction of sp³-hybridized carbons (Fsp3) is 0.400. The summed E-state index contributed by atoms with van der Waals surface area (Å²) < 4.78 is 5.55. The summed E-state index contributed by atoms with van der Waals surface area (Å²) in [6.07, 6.45) is 5.13. The average Bonchev–Trinajstić information content (AvgIpc) is 3.01. The van der Waals surface area contributed by atoms with E-state index in [1.807, 2.05) is 0 Å². The second kappa shape index (κ2) is 3.76. The maximum Gasteiger partial charge on any atom is 0.339 e. The minimum Gasteiger partial charge on any atom is -0.487 e. The number of anilines is 1. The fourth-order valence-corrected chi connectivity index (χ4v) is 1.32. The number of carboxylic acid groups (broad SMARTS) is 1. The van der Waals surface area contributed by atoms with Crippen molar-refractivity contribution in [3.63, 3.8) is 0 Å². The van der Waals surface area contributed by atoms with Crippen molar-refractivity contribution in [1.29, 1.82) is 0 Å². The summed E-state index contributed by atoms with van der Waals surface area (Å²) in [5.74, 6) is -0.493. The maximum atomic E-state index is 10.9. The molecule has 0 radical (unpaired) electrons. The number of nitrogens with zero attached hydrogens (tertiary/aromatic N) is 1. The molecule has 1 saturated carbocycles. The van der Waals surface area contributed by atoms with E-state index >= 15 is 0 Å². The van der Waals surface area contributed by atoms with Gasteiger partial charge in [-0.25, -0.2) is 4.79 Å². The van der Waals surface area contributed by atoms with Crippen molar-refractivity contribution in [1.82, 2.24) is 4.98 Å². The molecule has 1 aromatic heterocycles. The SMILES string of the molecule is CNc1c(OC2CC2)cncc1C(=O)O. The van der Waals surface area contributed by atoms with Crippen molar-refractivity contribution in [3.05, 3.63) is 18.0 Å². The summed E-state index contributed by atoms with van der Waals surface area (Å²) in [5, 5.41) is 11.8. The lowest BCUT2D eigenvalue weighted by molar-refractivity contribution is 0.0697. The Morgan fingerprint density at radius 3 is 2.87 bits per heavy atom. The highest BCUT2D eigenvalue weighted by atomic mass is 16.5. The van der Waals surface area contributed by atoms with Crippen LogP contribution in [0.15, 0.2) is 12.4 Å². The molecule has 2 rings (SSSR count). The standard InChI is InChI=1S/C10H12N2O3/c1-11-9-7(10(13)14)4-12-5-8(9)15-6-2-3-6/h4-6H,2-3H2,1H3,(H,11,12)(H,13,14). The Kier molecular flexibility index (Phi) is 2.45. The van der Waals surface area contributed by atoms with Crippen molar-refractivity contribution >= 4 is 11.7 Å². The van der Waals surface area contributed by atoms with E-state index in [-0.39, 0.29) is 11.7 Å². The number of nitrogens with one attached hydrogen (secondary N) is 1. The van der Waals surface area contributed by atoms with E-state index < -0.39 is 5.97 Å². The van der Waals surface area contributed by atoms with Crippen LogP contribution in [0.2, 0.25) is 0 Å². The molecule has 0 amide bonds. The van der Waals surface area contributed by atoms with Crippen molar-refractivity contribution < 1.29 is 14.6 Å². The predicted molar refractivity (Wildman–Crippen MR) is 54.4 cm³/mol. The number of rotatable bonds is 4. The molecule has 1 aliphatic carbocycles. The van der Waals surface area contributed by atoms with Crippen LogP contribution in [-0.4, -0.2) is 29.2 Å². The van der Waals surface area contributed by atoms with Gasteiger partial charge in [0.05, 0.1) is 18.0 Å². The number of ether oxygens (including phenoxy) is 1. The molecule has 1 heterocycles. The van der Waals surface area contributed by atoms with Crippen molar-refractivity contribution in [3.8, 4) is 5.75 Å². The van der Waals surface area contributed by atoms with Crippen LogP contribution in [0, 0.1) is 0 Å². The van der Waals surface area contributed by atoms with Crippen LogP contribution >= 0.6 is 0 Å². The van der Waals surface area contributed by atoms with Crippen molar-refractivity contribution in [2.75, 3.05) is 12.4 Å². The largest absolute Gasteiger partial charge is 0.487 e. The molecular formula is C10H12N2O3. The van der Waals surface area contributed by atoms with Crippen LogP contribution in [0.25, 0.3) is 0 Å². The molecule has 0 bridgehead atoms. The molecule has 5 heteroatoms. The number of aromatic nitrogens is 1. The topological polar surface area (TPSA) is 71.5 Å². The lowest BCUT2D eigenvalue weighted by atomic mass is 10.2. The van der Waals surface area contributed by atoms with Gasteiger partial charge in [-0.1, -0.05) is 0 Å². The molecule has 1 aliphatic rings. The van der Waals surface area contributed by atoms with E-state index in [0.29, 0.717) is 11.4 Å². The van der Waals surface area contributed by atoms with Crippen LogP contribution in [-0.2, 0) is 0 Å². The first-order valence-electron chi connectivity index (χ1n) is 4.78. The zero-order chi connectivity index (χ0) is 10.8. The zero-order valence-corrected chi connectivity index (χ0v) is 8.36. The highest BCUT2D eigenvalue weighted by Gasteiger charge is 2.26. The van der Waals surface area contributed by atoms with E-state index in [9.17, 15) is 4.79 Å². The van der Waals surface area contributed by atoms with Gasteiger partial charge in [0, 0.05) is 13.2 Å². The van der Waals surface area contributed by atoms with Gasteiger partial charge < -0.3 is 15.2 Å². The van der Waals surface area contributed by atoms with Gasteiger partial charge in [0.2, 0.25) is 0 Å². The number of carbonyl (C=O) groups is 1. The minimum absolute atomic E-state index is 0.135. The normalized spacial score (nSPS) is 14.7. The highest BCUT2D eigenvalue weighted by molar-refractivity contribution is 5.95. The van der Waals surface area contributed by atoms with Crippen LogP contribution in [0.1, 0.15) is 23.2 Å². The molecule has 0 spiro atoms. The van der Waals surface area contributed by atoms with Gasteiger partial charge in [-0.05, 0) is 12.8 Å². The van der Waals surface area contributed by atoms with E-state index in [1.54, 1.807) is 7.05 Å². The number of carboxylic acids is 1. The lowest BCUT2D eigenvalue weighted by Gasteiger charge is -2.11. The van der Waals surface area contributed by atoms with E-state index in [2.05, 4.69) is 10.3 Å². The Morgan fingerprint density at radius 1 is 1.60 bits per heavy atom. The van der Waals surface area contributed by atoms with Gasteiger partial charge in [-0.15, -0.1) is 0 Å². The Labute approximate surface area is 87.1 Å². The van der Waals surface area contributed by atoms with Gasteiger partial charge in [-0.2, -0.15) is 0 Å². The summed E-state index contributed by atoms with van der Waals surface area (Å²) >= 11 is 0. The third-order valence-electron chi connectivity index (χ3n) is 2.21. The van der Waals surface area contributed by atoms with Crippen LogP contribution in [0.3, 0.4) is 0 Å². The average molecular weight is 208 g/mol. The first-order valence-corrected chi connectivity index (χ1v) is 4.78. The summed E-state index contributed by atoms with van der Waals surface area (Å²) in [5.41, 5.74) is 0.625. The molecule has 0 saturated heterocycles. The predicted octanol–water partition coefficient (Wildman–Crippen LogP) is 1.36. The highest BCUT2D eigenvalue weighted by Crippen LogP contribution is 2.33. The molecule has 2 N–H and O–H groups in total. The van der Waals surface area contributed by atoms with Crippen molar-refractivity contribution in [2.24, 2.45) is 0 Å². The quantitative estimate of drug-likeness (QED) is 0.781. The molecule has 15 heavy (non-hydrogen) atoms. The summed E-state index contributed by atoms with van der Waals surface area (Å²) in [4.78, 5) is 14.7. The van der Waals surface area contributed by atoms with Gasteiger partial charge in [0.1, 0.15) is 5.56 Å². The zero-order valence-electron chi connectivity index (χ0n) is 8.36. The van der Waals surface area contributed by atoms with Crippen LogP contribution < -0.4 is 10.1 Å². The molecule has 0 aromatic carbocycles. The molecule has 0 unspecified atom stereocenters. The first kappa shape index (κ1) is 9.76. The van der Waals surface area contributed by atoms with Crippen molar-refractivity contribution in [2.45, 2.75) is 18.9 Å². The van der Waals surface area contributed by atoms with Gasteiger partial charge in [-0.3, -0.25) is 4.98 Å². The molecule has 5 nitrogen and oxygen atoms in total. The Bertz CT molecular complexity index is 388. The van der Waals surface area contributed by atoms with E-state index in [1.165, 1.54) is 12.4 Å². The lowest BCUT2D eigenvalue weighted by Crippen LogP contribution is -2.07. The number of hydrogen-bond acceptors (Lipinski definition) is 4. The molecule has 0 atom stereocenters. The minimum atomic E-state index is -1.01. The number of aromatic carboxylic acids is 1. The number of pyridine rings is 1. The first-order chi connectivity index (χ1) is 7.22. The summed E-state index contributed by atoms with van der Waals surface area (Å²) in [6, 6.07) is 0. The van der Waals surface area contributed by atoms with Crippen LogP contribution in [0.4, 0.5) is 5.69 Å². The Balaban J connectivity index is 2.34. The fourth-order valence-electron chi connectivity index (χ4n) is 1.32. The van der Waals surface area contributed by atoms with Gasteiger partial charge >= 0.3 is 5.97 Å². The second-order valence-electron chi connectivity index (χ2n) is 3.43. The van der Waals surface area contributed by atoms with E-state index in [4.69, 9.17) is 9.84 Å². The Morgan fingerprint density at radius 2 is 2.33 bits per heavy atom. The van der Waals surface area contributed by atoms with Gasteiger partial charge in [0.15, 0.2) is 5.75 Å². The summed E-state index contributed by atoms with van der Waals surface area (Å²) in [7, 11) is 1.67. The second-order valence-corrected chi connectivity index (χ2v) is 3.43. The third kappa shape index (κ3) is 2.01. The van der Waals surface area contributed by atoms with E-state index in [0.717, 1.165) is 12.8 Å². The Hall–Kier alpha value is -1.78. The smallest absolute Gasteiger partial charge is 0.339 e. The molecule has 1 fully saturated rings. The van der Waals surface area contributed by atoms with Crippen LogP contribution in [0.5, 0.6) is 5.75 Å².